The zero-order valence-corrected chi connectivity index (χ0v) is 9.05. The monoisotopic (exact) mass is 199 g/mol. The molecule has 0 amide bonds. The summed E-state index contributed by atoms with van der Waals surface area (Å²) in [4.78, 5) is 4.06. The Labute approximate surface area is 83.7 Å². The molecule has 0 aliphatic carbocycles. The number of imidazole rings is 1. The number of aryl methyl sites for hydroxylation is 1. The van der Waals surface area contributed by atoms with Crippen LogP contribution in [-0.2, 0) is 12.8 Å². The number of nitrogens with zero attached hydrogens (tertiary/aromatic N) is 2. The number of hydrogen-bond acceptors (Lipinski definition) is 3. The smallest absolute Gasteiger partial charge is 0.0945 e. The maximum atomic E-state index is 5.53. The van der Waals surface area contributed by atoms with Crippen LogP contribution in [0.4, 0.5) is 0 Å². The minimum atomic E-state index is 0.609. The standard InChI is InChI=1S/C9H17N3S/c1-8(3-10)5-13-6-9-4-11-7-12(9)2/h4,7-8H,3,5-6,10H2,1-2H3. The average Bonchev–Trinajstić information content (AvgIpc) is 2.52. The Morgan fingerprint density at radius 2 is 2.46 bits per heavy atom. The third-order valence-electron chi connectivity index (χ3n) is 1.97. The minimum Gasteiger partial charge on any atom is -0.337 e. The normalized spacial score (nSPS) is 13.2. The molecule has 0 saturated carbocycles. The molecular formula is C9H17N3S. The van der Waals surface area contributed by atoms with Crippen molar-refractivity contribution >= 4 is 11.8 Å². The fraction of sp³-hybridized carbons (Fsp3) is 0.667. The first-order chi connectivity index (χ1) is 6.24. The summed E-state index contributed by atoms with van der Waals surface area (Å²) in [7, 11) is 2.02. The van der Waals surface area contributed by atoms with Gasteiger partial charge >= 0.3 is 0 Å². The molecule has 2 N–H and O–H groups in total. The van der Waals surface area contributed by atoms with Crippen molar-refractivity contribution in [3.63, 3.8) is 0 Å². The first-order valence-corrected chi connectivity index (χ1v) is 5.62. The van der Waals surface area contributed by atoms with Crippen molar-refractivity contribution in [2.75, 3.05) is 12.3 Å². The van der Waals surface area contributed by atoms with Gasteiger partial charge < -0.3 is 10.3 Å². The lowest BCUT2D eigenvalue weighted by atomic mass is 10.2. The zero-order valence-electron chi connectivity index (χ0n) is 8.23. The lowest BCUT2D eigenvalue weighted by molar-refractivity contribution is 0.675. The van der Waals surface area contributed by atoms with Crippen LogP contribution in [0.1, 0.15) is 12.6 Å². The molecule has 1 atom stereocenters. The van der Waals surface area contributed by atoms with Crippen molar-refractivity contribution in [2.24, 2.45) is 18.7 Å². The van der Waals surface area contributed by atoms with Crippen LogP contribution >= 0.6 is 11.8 Å². The molecule has 0 aliphatic rings. The van der Waals surface area contributed by atoms with Gasteiger partial charge in [0.2, 0.25) is 0 Å². The van der Waals surface area contributed by atoms with Crippen LogP contribution in [0.2, 0.25) is 0 Å². The summed E-state index contributed by atoms with van der Waals surface area (Å²) in [6.45, 7) is 2.95. The first kappa shape index (κ1) is 10.6. The molecule has 1 aromatic rings. The van der Waals surface area contributed by atoms with Gasteiger partial charge in [-0.2, -0.15) is 11.8 Å². The summed E-state index contributed by atoms with van der Waals surface area (Å²) >= 11 is 1.92. The highest BCUT2D eigenvalue weighted by atomic mass is 32.2. The topological polar surface area (TPSA) is 43.8 Å². The van der Waals surface area contributed by atoms with Crippen LogP contribution < -0.4 is 5.73 Å². The van der Waals surface area contributed by atoms with Crippen molar-refractivity contribution in [3.05, 3.63) is 18.2 Å². The number of aromatic nitrogens is 2. The quantitative estimate of drug-likeness (QED) is 0.776. The van der Waals surface area contributed by atoms with Gasteiger partial charge in [-0.25, -0.2) is 4.98 Å². The van der Waals surface area contributed by atoms with E-state index in [1.165, 1.54) is 5.69 Å². The average molecular weight is 199 g/mol. The van der Waals surface area contributed by atoms with Crippen LogP contribution in [0.25, 0.3) is 0 Å². The molecule has 1 rings (SSSR count). The molecule has 0 aliphatic heterocycles. The van der Waals surface area contributed by atoms with E-state index in [4.69, 9.17) is 5.73 Å². The fourth-order valence-electron chi connectivity index (χ4n) is 0.956. The summed E-state index contributed by atoms with van der Waals surface area (Å²) in [5.74, 6) is 2.76. The van der Waals surface area contributed by atoms with Gasteiger partial charge in [0.25, 0.3) is 0 Å². The Hall–Kier alpha value is -0.480. The Bertz CT molecular complexity index is 247. The maximum Gasteiger partial charge on any atom is 0.0945 e. The lowest BCUT2D eigenvalue weighted by Gasteiger charge is -2.07. The van der Waals surface area contributed by atoms with E-state index in [0.29, 0.717) is 5.92 Å². The fourth-order valence-corrected chi connectivity index (χ4v) is 2.10. The Morgan fingerprint density at radius 1 is 1.69 bits per heavy atom. The van der Waals surface area contributed by atoms with Gasteiger partial charge in [0.05, 0.1) is 6.33 Å². The summed E-state index contributed by atoms with van der Waals surface area (Å²) in [6.07, 6.45) is 3.75. The highest BCUT2D eigenvalue weighted by molar-refractivity contribution is 7.98. The van der Waals surface area contributed by atoms with Crippen molar-refractivity contribution in [3.8, 4) is 0 Å². The molecule has 1 unspecified atom stereocenters. The lowest BCUT2D eigenvalue weighted by Crippen LogP contribution is -2.12. The van der Waals surface area contributed by atoms with Crippen molar-refractivity contribution in [1.82, 2.24) is 9.55 Å². The van der Waals surface area contributed by atoms with E-state index in [-0.39, 0.29) is 0 Å². The second-order valence-corrected chi connectivity index (χ2v) is 4.38. The summed E-state index contributed by atoms with van der Waals surface area (Å²) in [5, 5.41) is 0. The molecule has 4 heteroatoms. The van der Waals surface area contributed by atoms with E-state index < -0.39 is 0 Å². The molecule has 3 nitrogen and oxygen atoms in total. The van der Waals surface area contributed by atoms with Crippen molar-refractivity contribution < 1.29 is 0 Å². The van der Waals surface area contributed by atoms with Crippen molar-refractivity contribution in [2.45, 2.75) is 12.7 Å². The van der Waals surface area contributed by atoms with Gasteiger partial charge in [-0.05, 0) is 18.2 Å². The number of thioether (sulfide) groups is 1. The van der Waals surface area contributed by atoms with E-state index in [1.807, 2.05) is 31.3 Å². The molecule has 0 fully saturated rings. The second-order valence-electron chi connectivity index (χ2n) is 3.35. The molecule has 0 radical (unpaired) electrons. The van der Waals surface area contributed by atoms with Crippen LogP contribution in [0, 0.1) is 5.92 Å². The molecule has 0 spiro atoms. The van der Waals surface area contributed by atoms with E-state index in [1.54, 1.807) is 0 Å². The largest absolute Gasteiger partial charge is 0.337 e. The molecule has 13 heavy (non-hydrogen) atoms. The number of rotatable bonds is 5. The third-order valence-corrected chi connectivity index (χ3v) is 3.28. The highest BCUT2D eigenvalue weighted by Gasteiger charge is 2.01. The van der Waals surface area contributed by atoms with Gasteiger partial charge in [0.1, 0.15) is 0 Å². The molecule has 1 aromatic heterocycles. The number of nitrogens with two attached hydrogens (primary N) is 1. The minimum absolute atomic E-state index is 0.609. The summed E-state index contributed by atoms with van der Waals surface area (Å²) in [6, 6.07) is 0. The first-order valence-electron chi connectivity index (χ1n) is 4.47. The van der Waals surface area contributed by atoms with Gasteiger partial charge in [0, 0.05) is 24.7 Å². The summed E-state index contributed by atoms with van der Waals surface area (Å²) < 4.78 is 2.06. The second kappa shape index (κ2) is 5.29. The van der Waals surface area contributed by atoms with Gasteiger partial charge in [0.15, 0.2) is 0 Å². The number of hydrogen-bond donors (Lipinski definition) is 1. The Kier molecular flexibility index (Phi) is 4.32. The van der Waals surface area contributed by atoms with Gasteiger partial charge in [-0.3, -0.25) is 0 Å². The van der Waals surface area contributed by atoms with E-state index in [2.05, 4.69) is 16.5 Å². The van der Waals surface area contributed by atoms with Crippen molar-refractivity contribution in [1.29, 1.82) is 0 Å². The van der Waals surface area contributed by atoms with Crippen LogP contribution in [0.5, 0.6) is 0 Å². The molecule has 74 valence electrons. The van der Waals surface area contributed by atoms with E-state index >= 15 is 0 Å². The molecule has 0 bridgehead atoms. The highest BCUT2D eigenvalue weighted by Crippen LogP contribution is 2.13. The van der Waals surface area contributed by atoms with E-state index in [9.17, 15) is 0 Å². The van der Waals surface area contributed by atoms with Crippen LogP contribution in [0.15, 0.2) is 12.5 Å². The molecule has 1 heterocycles. The predicted molar refractivity (Wildman–Crippen MR) is 57.6 cm³/mol. The SMILES string of the molecule is CC(CN)CSCc1cncn1C. The summed E-state index contributed by atoms with van der Waals surface area (Å²) in [5.41, 5.74) is 6.80. The van der Waals surface area contributed by atoms with Crippen LogP contribution in [0.3, 0.4) is 0 Å². The molecule has 0 aromatic carbocycles. The van der Waals surface area contributed by atoms with Gasteiger partial charge in [-0.1, -0.05) is 6.92 Å². The van der Waals surface area contributed by atoms with Crippen LogP contribution in [-0.4, -0.2) is 21.8 Å². The third kappa shape index (κ3) is 3.40. The molecule has 0 saturated heterocycles. The predicted octanol–water partition coefficient (Wildman–Crippen LogP) is 1.25. The molecular weight excluding hydrogens is 182 g/mol. The maximum absolute atomic E-state index is 5.53. The van der Waals surface area contributed by atoms with E-state index in [0.717, 1.165) is 18.1 Å². The van der Waals surface area contributed by atoms with Gasteiger partial charge in [-0.15, -0.1) is 0 Å². The Morgan fingerprint density at radius 3 is 3.00 bits per heavy atom. The Balaban J connectivity index is 2.24. The zero-order chi connectivity index (χ0) is 9.68.